The summed E-state index contributed by atoms with van der Waals surface area (Å²) in [7, 11) is 3.94. The number of hydrogen-bond acceptors (Lipinski definition) is 6. The van der Waals surface area contributed by atoms with E-state index in [1.54, 1.807) is 24.0 Å². The molecule has 0 spiro atoms. The van der Waals surface area contributed by atoms with Crippen LogP contribution < -0.4 is 16.2 Å². The number of nitrogens with one attached hydrogen (secondary N) is 2. The third-order valence-corrected chi connectivity index (χ3v) is 6.60. The third-order valence-electron chi connectivity index (χ3n) is 6.60. The minimum atomic E-state index is -0.0873. The molecule has 1 saturated heterocycles. The maximum Gasteiger partial charge on any atom is 0.261 e. The zero-order valence-electron chi connectivity index (χ0n) is 19.9. The number of fused-ring (bicyclic) bond motifs is 1. The molecule has 0 atom stereocenters. The lowest BCUT2D eigenvalue weighted by atomic mass is 9.89. The van der Waals surface area contributed by atoms with Crippen molar-refractivity contribution < 1.29 is 0 Å². The molecule has 4 aromatic rings. The van der Waals surface area contributed by atoms with Crippen molar-refractivity contribution in [2.45, 2.75) is 25.7 Å². The van der Waals surface area contributed by atoms with Gasteiger partial charge in [-0.05, 0) is 98.7 Å². The number of benzene rings is 1. The van der Waals surface area contributed by atoms with Gasteiger partial charge in [-0.15, -0.1) is 0 Å². The van der Waals surface area contributed by atoms with E-state index in [9.17, 15) is 4.79 Å². The molecule has 34 heavy (non-hydrogen) atoms. The Balaban J connectivity index is 1.47. The standard InChI is InChI=1S/C27H30N6O/c1-18-8-12-28-23(16-18)30-24-17-21-11-15-33(3)27(34)25(21)26(31-24)29-22-6-4-19(5-7-22)20-9-13-32(2)14-10-20/h4-8,11-12,15-17,20H,9-10,13-14H2,1-3H3,(H2,28,29,30,31). The van der Waals surface area contributed by atoms with Crippen LogP contribution in [0.1, 0.15) is 29.9 Å². The molecule has 0 radical (unpaired) electrons. The van der Waals surface area contributed by atoms with E-state index in [4.69, 9.17) is 4.98 Å². The molecule has 1 aliphatic heterocycles. The van der Waals surface area contributed by atoms with E-state index in [0.717, 1.165) is 29.7 Å². The van der Waals surface area contributed by atoms with Crippen molar-refractivity contribution in [3.8, 4) is 0 Å². The van der Waals surface area contributed by atoms with Crippen molar-refractivity contribution in [2.75, 3.05) is 30.8 Å². The fraction of sp³-hybridized carbons (Fsp3) is 0.296. The van der Waals surface area contributed by atoms with Gasteiger partial charge in [-0.2, -0.15) is 0 Å². The predicted molar refractivity (Wildman–Crippen MR) is 138 cm³/mol. The van der Waals surface area contributed by atoms with Crippen molar-refractivity contribution in [3.05, 3.63) is 82.4 Å². The Morgan fingerprint density at radius 1 is 0.941 bits per heavy atom. The Morgan fingerprint density at radius 3 is 2.44 bits per heavy atom. The van der Waals surface area contributed by atoms with Crippen LogP contribution in [0.4, 0.5) is 23.1 Å². The highest BCUT2D eigenvalue weighted by Gasteiger charge is 2.18. The summed E-state index contributed by atoms with van der Waals surface area (Å²) < 4.78 is 1.58. The van der Waals surface area contributed by atoms with Crippen LogP contribution in [0.3, 0.4) is 0 Å². The quantitative estimate of drug-likeness (QED) is 0.445. The van der Waals surface area contributed by atoms with Crippen molar-refractivity contribution in [1.29, 1.82) is 0 Å². The fourth-order valence-corrected chi connectivity index (χ4v) is 4.56. The summed E-state index contributed by atoms with van der Waals surface area (Å²) in [5.41, 5.74) is 3.29. The SMILES string of the molecule is Cc1ccnc(Nc2cc3ccn(C)c(=O)c3c(Nc3ccc(C4CCN(C)CC4)cc3)n2)c1. The topological polar surface area (TPSA) is 75.1 Å². The van der Waals surface area contributed by atoms with Crippen LogP contribution in [0.25, 0.3) is 10.8 Å². The Hall–Kier alpha value is -3.71. The average molecular weight is 455 g/mol. The van der Waals surface area contributed by atoms with Crippen LogP contribution in [0.5, 0.6) is 0 Å². The van der Waals surface area contributed by atoms with Gasteiger partial charge in [0, 0.05) is 25.1 Å². The summed E-state index contributed by atoms with van der Waals surface area (Å²) in [6, 6.07) is 16.3. The Kier molecular flexibility index (Phi) is 6.02. The molecule has 1 aromatic carbocycles. The second-order valence-electron chi connectivity index (χ2n) is 9.22. The van der Waals surface area contributed by atoms with Gasteiger partial charge in [0.15, 0.2) is 0 Å². The van der Waals surface area contributed by atoms with Crippen molar-refractivity contribution in [1.82, 2.24) is 19.4 Å². The summed E-state index contributed by atoms with van der Waals surface area (Å²) >= 11 is 0. The highest BCUT2D eigenvalue weighted by atomic mass is 16.1. The van der Waals surface area contributed by atoms with Crippen LogP contribution in [0.15, 0.2) is 65.7 Å². The van der Waals surface area contributed by atoms with Crippen LogP contribution in [0, 0.1) is 6.92 Å². The van der Waals surface area contributed by atoms with E-state index in [1.807, 2.05) is 31.2 Å². The number of hydrogen-bond donors (Lipinski definition) is 2. The Morgan fingerprint density at radius 2 is 1.71 bits per heavy atom. The minimum Gasteiger partial charge on any atom is -0.339 e. The number of pyridine rings is 3. The van der Waals surface area contributed by atoms with Crippen LogP contribution >= 0.6 is 0 Å². The largest absolute Gasteiger partial charge is 0.339 e. The van der Waals surface area contributed by atoms with E-state index < -0.39 is 0 Å². The Labute approximate surface area is 199 Å². The fourth-order valence-electron chi connectivity index (χ4n) is 4.56. The highest BCUT2D eigenvalue weighted by molar-refractivity contribution is 5.94. The summed E-state index contributed by atoms with van der Waals surface area (Å²) in [4.78, 5) is 24.5. The van der Waals surface area contributed by atoms with Crippen molar-refractivity contribution in [3.63, 3.8) is 0 Å². The lowest BCUT2D eigenvalue weighted by Crippen LogP contribution is -2.29. The molecule has 0 unspecified atom stereocenters. The highest BCUT2D eigenvalue weighted by Crippen LogP contribution is 2.30. The smallest absolute Gasteiger partial charge is 0.261 e. The molecule has 174 valence electrons. The molecule has 0 amide bonds. The van der Waals surface area contributed by atoms with Crippen molar-refractivity contribution in [2.24, 2.45) is 7.05 Å². The van der Waals surface area contributed by atoms with Crippen LogP contribution in [-0.4, -0.2) is 39.6 Å². The second kappa shape index (κ2) is 9.27. The second-order valence-corrected chi connectivity index (χ2v) is 9.22. The maximum absolute atomic E-state index is 13.0. The van der Waals surface area contributed by atoms with Crippen LogP contribution in [-0.2, 0) is 7.05 Å². The summed E-state index contributed by atoms with van der Waals surface area (Å²) in [6.45, 7) is 4.30. The summed E-state index contributed by atoms with van der Waals surface area (Å²) in [5, 5.41) is 8.05. The Bertz CT molecular complexity index is 1370. The van der Waals surface area contributed by atoms with Gasteiger partial charge in [0.25, 0.3) is 5.56 Å². The molecule has 7 heteroatoms. The maximum atomic E-state index is 13.0. The molecular weight excluding hydrogens is 424 g/mol. The first-order chi connectivity index (χ1) is 16.5. The monoisotopic (exact) mass is 454 g/mol. The van der Waals surface area contributed by atoms with Gasteiger partial charge >= 0.3 is 0 Å². The number of aromatic nitrogens is 3. The number of piperidine rings is 1. The van der Waals surface area contributed by atoms with Gasteiger partial charge in [-0.25, -0.2) is 9.97 Å². The van der Waals surface area contributed by atoms with Crippen molar-refractivity contribution >= 4 is 33.9 Å². The molecule has 0 aliphatic carbocycles. The van der Waals surface area contributed by atoms with Gasteiger partial charge in [0.1, 0.15) is 17.5 Å². The van der Waals surface area contributed by atoms with E-state index in [-0.39, 0.29) is 5.56 Å². The predicted octanol–water partition coefficient (Wildman–Crippen LogP) is 4.93. The van der Waals surface area contributed by atoms with E-state index in [1.165, 1.54) is 18.4 Å². The molecule has 0 bridgehead atoms. The van der Waals surface area contributed by atoms with E-state index >= 15 is 0 Å². The number of likely N-dealkylation sites (tertiary alicyclic amines) is 1. The van der Waals surface area contributed by atoms with Gasteiger partial charge in [-0.1, -0.05) is 12.1 Å². The summed E-state index contributed by atoms with van der Waals surface area (Å²) in [6.07, 6.45) is 5.91. The molecular formula is C27H30N6O. The average Bonchev–Trinajstić information content (AvgIpc) is 2.82. The minimum absolute atomic E-state index is 0.0873. The first-order valence-corrected chi connectivity index (χ1v) is 11.7. The lowest BCUT2D eigenvalue weighted by molar-refractivity contribution is 0.255. The first-order valence-electron chi connectivity index (χ1n) is 11.7. The molecule has 2 N–H and O–H groups in total. The molecule has 0 saturated carbocycles. The molecule has 7 nitrogen and oxygen atoms in total. The molecule has 1 aliphatic rings. The van der Waals surface area contributed by atoms with Crippen LogP contribution in [0.2, 0.25) is 0 Å². The lowest BCUT2D eigenvalue weighted by Gasteiger charge is -2.29. The molecule has 1 fully saturated rings. The number of rotatable bonds is 5. The van der Waals surface area contributed by atoms with E-state index in [2.05, 4.69) is 51.8 Å². The zero-order chi connectivity index (χ0) is 23.7. The number of aryl methyl sites for hydroxylation is 2. The summed E-state index contributed by atoms with van der Waals surface area (Å²) in [5.74, 6) is 2.47. The normalized spacial score (nSPS) is 14.9. The molecule has 4 heterocycles. The van der Waals surface area contributed by atoms with Gasteiger partial charge < -0.3 is 20.1 Å². The van der Waals surface area contributed by atoms with Gasteiger partial charge in [-0.3, -0.25) is 4.79 Å². The van der Waals surface area contributed by atoms with E-state index in [0.29, 0.717) is 28.8 Å². The number of anilines is 4. The molecule has 3 aromatic heterocycles. The first kappa shape index (κ1) is 22.1. The molecule has 5 rings (SSSR count). The third kappa shape index (κ3) is 4.65. The zero-order valence-corrected chi connectivity index (χ0v) is 19.9. The van der Waals surface area contributed by atoms with Gasteiger partial charge in [0.2, 0.25) is 0 Å². The van der Waals surface area contributed by atoms with Gasteiger partial charge in [0.05, 0.1) is 5.39 Å². The number of nitrogens with zero attached hydrogens (tertiary/aromatic N) is 4.